The molecular weight excluding hydrogens is 419 g/mol. The summed E-state index contributed by atoms with van der Waals surface area (Å²) >= 11 is 0. The van der Waals surface area contributed by atoms with E-state index in [1.54, 1.807) is 24.7 Å². The molecule has 0 spiro atoms. The number of aromatic nitrogens is 6. The Bertz CT molecular complexity index is 1620. The van der Waals surface area contributed by atoms with Crippen molar-refractivity contribution in [2.45, 2.75) is 0 Å². The highest BCUT2D eigenvalue weighted by Gasteiger charge is 2.16. The van der Waals surface area contributed by atoms with Crippen molar-refractivity contribution >= 4 is 21.9 Å². The third-order valence-corrected chi connectivity index (χ3v) is 5.55. The normalized spacial score (nSPS) is 11.3. The zero-order chi connectivity index (χ0) is 22.4. The first-order chi connectivity index (χ1) is 16.2. The lowest BCUT2D eigenvalue weighted by atomic mass is 10.0. The van der Waals surface area contributed by atoms with E-state index in [0.29, 0.717) is 17.0 Å². The van der Waals surface area contributed by atoms with E-state index >= 15 is 0 Å². The Hall–Kier alpha value is -4.59. The number of fused-ring (bicyclic) bond motifs is 2. The minimum atomic E-state index is -0.373. The Morgan fingerprint density at radius 1 is 0.939 bits per heavy atom. The van der Waals surface area contributed by atoms with Crippen LogP contribution in [0.1, 0.15) is 0 Å². The Balaban J connectivity index is 1.50. The summed E-state index contributed by atoms with van der Waals surface area (Å²) < 4.78 is 19.4. The van der Waals surface area contributed by atoms with Crippen molar-refractivity contribution in [1.82, 2.24) is 30.1 Å². The van der Waals surface area contributed by atoms with Gasteiger partial charge in [-0.05, 0) is 48.0 Å². The van der Waals surface area contributed by atoms with Crippen LogP contribution in [0.3, 0.4) is 0 Å². The fraction of sp³-hybridized carbons (Fsp3) is 0.0400. The zero-order valence-electron chi connectivity index (χ0n) is 17.5. The Kier molecular flexibility index (Phi) is 4.36. The molecule has 0 aliphatic rings. The Labute approximate surface area is 187 Å². The first-order valence-corrected chi connectivity index (χ1v) is 10.3. The van der Waals surface area contributed by atoms with Gasteiger partial charge in [0.2, 0.25) is 0 Å². The number of hydrogen-bond acceptors (Lipinski definition) is 5. The summed E-state index contributed by atoms with van der Waals surface area (Å²) in [6.07, 6.45) is 5.19. The highest BCUT2D eigenvalue weighted by Crippen LogP contribution is 2.35. The van der Waals surface area contributed by atoms with Crippen LogP contribution in [0.5, 0.6) is 5.75 Å². The molecule has 0 aliphatic carbocycles. The molecule has 0 fully saturated rings. The maximum absolute atomic E-state index is 14.1. The van der Waals surface area contributed by atoms with Crippen LogP contribution in [0.15, 0.2) is 73.2 Å². The number of rotatable bonds is 4. The van der Waals surface area contributed by atoms with E-state index in [-0.39, 0.29) is 5.82 Å². The molecule has 6 rings (SSSR count). The van der Waals surface area contributed by atoms with Gasteiger partial charge in [-0.25, -0.2) is 9.37 Å². The van der Waals surface area contributed by atoms with Gasteiger partial charge in [-0.2, -0.15) is 5.10 Å². The molecule has 8 heteroatoms. The molecule has 5 aromatic heterocycles. The second-order valence-electron chi connectivity index (χ2n) is 7.59. The molecule has 160 valence electrons. The van der Waals surface area contributed by atoms with Crippen LogP contribution in [0.2, 0.25) is 0 Å². The quantitative estimate of drug-likeness (QED) is 0.387. The van der Waals surface area contributed by atoms with E-state index in [9.17, 15) is 4.39 Å². The third-order valence-electron chi connectivity index (χ3n) is 5.55. The number of ether oxygens (including phenoxy) is 1. The average Bonchev–Trinajstić information content (AvgIpc) is 3.47. The molecule has 5 heterocycles. The van der Waals surface area contributed by atoms with E-state index < -0.39 is 0 Å². The fourth-order valence-electron chi connectivity index (χ4n) is 3.99. The molecule has 0 atom stereocenters. The lowest BCUT2D eigenvalue weighted by Crippen LogP contribution is -1.88. The van der Waals surface area contributed by atoms with Crippen molar-refractivity contribution in [2.75, 3.05) is 7.11 Å². The molecule has 0 bridgehead atoms. The molecule has 0 saturated heterocycles. The fourth-order valence-corrected chi connectivity index (χ4v) is 3.99. The summed E-state index contributed by atoms with van der Waals surface area (Å²) in [6.45, 7) is 0. The summed E-state index contributed by atoms with van der Waals surface area (Å²) in [5, 5.41) is 8.44. The summed E-state index contributed by atoms with van der Waals surface area (Å²) in [5.41, 5.74) is 6.82. The molecule has 0 radical (unpaired) electrons. The number of hydrogen-bond donors (Lipinski definition) is 2. The van der Waals surface area contributed by atoms with Crippen LogP contribution in [-0.4, -0.2) is 37.2 Å². The monoisotopic (exact) mass is 436 g/mol. The zero-order valence-corrected chi connectivity index (χ0v) is 17.5. The highest BCUT2D eigenvalue weighted by atomic mass is 19.1. The summed E-state index contributed by atoms with van der Waals surface area (Å²) in [6, 6.07) is 16.2. The highest BCUT2D eigenvalue weighted by molar-refractivity contribution is 6.00. The van der Waals surface area contributed by atoms with Crippen molar-refractivity contribution in [3.63, 3.8) is 0 Å². The number of halogens is 1. The Morgan fingerprint density at radius 2 is 1.88 bits per heavy atom. The molecule has 7 nitrogen and oxygen atoms in total. The third kappa shape index (κ3) is 3.28. The maximum atomic E-state index is 14.1. The molecule has 2 N–H and O–H groups in total. The molecule has 0 amide bonds. The van der Waals surface area contributed by atoms with Crippen molar-refractivity contribution in [3.8, 4) is 39.7 Å². The summed E-state index contributed by atoms with van der Waals surface area (Å²) in [4.78, 5) is 16.9. The number of benzene rings is 1. The van der Waals surface area contributed by atoms with Crippen molar-refractivity contribution in [2.24, 2.45) is 0 Å². The molecule has 33 heavy (non-hydrogen) atoms. The smallest absolute Gasteiger partial charge is 0.135 e. The van der Waals surface area contributed by atoms with E-state index in [2.05, 4.69) is 25.1 Å². The minimum absolute atomic E-state index is 0.373. The molecule has 0 unspecified atom stereocenters. The topological polar surface area (TPSA) is 92.4 Å². The van der Waals surface area contributed by atoms with Crippen molar-refractivity contribution < 1.29 is 9.13 Å². The van der Waals surface area contributed by atoms with Gasteiger partial charge in [0.1, 0.15) is 22.8 Å². The van der Waals surface area contributed by atoms with Crippen LogP contribution < -0.4 is 4.74 Å². The SMILES string of the molecule is COc1cc(F)cc(-c2cncc3[nH]c(-c4n[nH]c5ccc(-c6ccccn6)nc45)cc23)c1. The molecule has 6 aromatic rings. The van der Waals surface area contributed by atoms with Gasteiger partial charge in [0.15, 0.2) is 0 Å². The van der Waals surface area contributed by atoms with Crippen molar-refractivity contribution in [3.05, 3.63) is 79.0 Å². The van der Waals surface area contributed by atoms with E-state index in [1.807, 2.05) is 36.4 Å². The second kappa shape index (κ2) is 7.52. The van der Waals surface area contributed by atoms with E-state index in [0.717, 1.165) is 44.6 Å². The van der Waals surface area contributed by atoms with Gasteiger partial charge in [-0.3, -0.25) is 15.1 Å². The predicted octanol–water partition coefficient (Wildman–Crippen LogP) is 5.38. The van der Waals surface area contributed by atoms with E-state index in [1.165, 1.54) is 19.2 Å². The number of nitrogens with one attached hydrogen (secondary N) is 2. The standard InChI is InChI=1S/C25H17FN6O/c1-33-16-9-14(8-15(26)10-16)18-12-27-13-23-17(18)11-22(29-23)25-24-21(31-32-25)6-5-20(30-24)19-4-2-3-7-28-19/h2-13,29H,1H3,(H,31,32). The average molecular weight is 436 g/mol. The predicted molar refractivity (Wildman–Crippen MR) is 124 cm³/mol. The number of aromatic amines is 2. The van der Waals surface area contributed by atoms with Gasteiger partial charge in [0, 0.05) is 29.4 Å². The lowest BCUT2D eigenvalue weighted by molar-refractivity contribution is 0.411. The van der Waals surface area contributed by atoms with Gasteiger partial charge in [-0.1, -0.05) is 6.07 Å². The second-order valence-corrected chi connectivity index (χ2v) is 7.59. The lowest BCUT2D eigenvalue weighted by Gasteiger charge is -2.06. The van der Waals surface area contributed by atoms with Crippen LogP contribution in [0.4, 0.5) is 4.39 Å². The first-order valence-electron chi connectivity index (χ1n) is 10.3. The number of H-pyrrole nitrogens is 2. The van der Waals surface area contributed by atoms with Crippen molar-refractivity contribution in [1.29, 1.82) is 0 Å². The maximum Gasteiger partial charge on any atom is 0.135 e. The molecular formula is C25H17FN6O. The number of pyridine rings is 3. The number of methoxy groups -OCH3 is 1. The minimum Gasteiger partial charge on any atom is -0.497 e. The van der Waals surface area contributed by atoms with Gasteiger partial charge in [0.05, 0.1) is 41.4 Å². The number of nitrogens with zero attached hydrogens (tertiary/aromatic N) is 4. The van der Waals surface area contributed by atoms with Gasteiger partial charge < -0.3 is 9.72 Å². The summed E-state index contributed by atoms with van der Waals surface area (Å²) in [5.74, 6) is 0.0731. The van der Waals surface area contributed by atoms with Gasteiger partial charge in [0.25, 0.3) is 0 Å². The first kappa shape index (κ1) is 19.1. The molecule has 0 saturated carbocycles. The Morgan fingerprint density at radius 3 is 2.73 bits per heavy atom. The van der Waals surface area contributed by atoms with Crippen LogP contribution >= 0.6 is 0 Å². The van der Waals surface area contributed by atoms with Crippen LogP contribution in [-0.2, 0) is 0 Å². The van der Waals surface area contributed by atoms with E-state index in [4.69, 9.17) is 9.72 Å². The van der Waals surface area contributed by atoms with Gasteiger partial charge >= 0.3 is 0 Å². The molecule has 0 aliphatic heterocycles. The van der Waals surface area contributed by atoms with Gasteiger partial charge in [-0.15, -0.1) is 0 Å². The molecule has 1 aromatic carbocycles. The van der Waals surface area contributed by atoms with Crippen LogP contribution in [0.25, 0.3) is 55.8 Å². The largest absolute Gasteiger partial charge is 0.497 e. The summed E-state index contributed by atoms with van der Waals surface area (Å²) in [7, 11) is 1.51. The van der Waals surface area contributed by atoms with Crippen LogP contribution in [0, 0.1) is 5.82 Å².